The highest BCUT2D eigenvalue weighted by Crippen LogP contribution is 2.30. The quantitative estimate of drug-likeness (QED) is 0.840. The number of carbonyl (C=O) groups excluding carboxylic acids is 1. The summed E-state index contributed by atoms with van der Waals surface area (Å²) < 4.78 is 5.49. The van der Waals surface area contributed by atoms with Gasteiger partial charge in [0.2, 0.25) is 0 Å². The molecule has 0 saturated carbocycles. The van der Waals surface area contributed by atoms with Crippen LogP contribution in [0.4, 0.5) is 5.69 Å². The first kappa shape index (κ1) is 11.9. The summed E-state index contributed by atoms with van der Waals surface area (Å²) in [5.74, 6) is 0.650. The minimum atomic E-state index is -0.415. The first-order chi connectivity index (χ1) is 8.06. The number of anilines is 1. The summed E-state index contributed by atoms with van der Waals surface area (Å²) in [7, 11) is 0. The van der Waals surface area contributed by atoms with Crippen molar-refractivity contribution in [1.82, 2.24) is 5.32 Å². The molecule has 1 atom stereocenters. The highest BCUT2D eigenvalue weighted by Gasteiger charge is 2.23. The van der Waals surface area contributed by atoms with Crippen LogP contribution in [0.2, 0.25) is 0 Å². The van der Waals surface area contributed by atoms with Gasteiger partial charge in [-0.3, -0.25) is 4.79 Å². The largest absolute Gasteiger partial charge is 0.479 e. The molecule has 1 aromatic carbocycles. The van der Waals surface area contributed by atoms with Gasteiger partial charge in [-0.25, -0.2) is 0 Å². The molecule has 1 amide bonds. The second-order valence-corrected chi connectivity index (χ2v) is 4.62. The first-order valence-electron chi connectivity index (χ1n) is 5.90. The van der Waals surface area contributed by atoms with Crippen LogP contribution in [0.1, 0.15) is 26.3 Å². The number of hydrogen-bond acceptors (Lipinski definition) is 3. The Morgan fingerprint density at radius 3 is 2.94 bits per heavy atom. The van der Waals surface area contributed by atoms with E-state index in [2.05, 4.69) is 24.5 Å². The van der Waals surface area contributed by atoms with Crippen molar-refractivity contribution in [2.24, 2.45) is 0 Å². The maximum Gasteiger partial charge on any atom is 0.265 e. The Labute approximate surface area is 101 Å². The standard InChI is InChI=1S/C13H18N2O2/c1-8(2)14-7-10-4-5-12-11(6-10)15-13(16)9(3)17-12/h4-6,8-9,14H,7H2,1-3H3,(H,15,16). The summed E-state index contributed by atoms with van der Waals surface area (Å²) in [6.07, 6.45) is -0.415. The molecule has 0 fully saturated rings. The maximum atomic E-state index is 11.5. The number of ether oxygens (including phenoxy) is 1. The van der Waals surface area contributed by atoms with Crippen molar-refractivity contribution in [2.45, 2.75) is 39.5 Å². The molecule has 0 bridgehead atoms. The predicted octanol–water partition coefficient (Wildman–Crippen LogP) is 1.90. The summed E-state index contributed by atoms with van der Waals surface area (Å²) in [6.45, 7) is 6.73. The van der Waals surface area contributed by atoms with Gasteiger partial charge < -0.3 is 15.4 Å². The lowest BCUT2D eigenvalue weighted by Gasteiger charge is -2.23. The van der Waals surface area contributed by atoms with E-state index in [1.54, 1.807) is 6.92 Å². The van der Waals surface area contributed by atoms with Gasteiger partial charge >= 0.3 is 0 Å². The molecular weight excluding hydrogens is 216 g/mol. The Balaban J connectivity index is 2.14. The van der Waals surface area contributed by atoms with E-state index in [4.69, 9.17) is 4.74 Å². The van der Waals surface area contributed by atoms with Crippen LogP contribution in [-0.2, 0) is 11.3 Å². The number of fused-ring (bicyclic) bond motifs is 1. The molecule has 1 heterocycles. The predicted molar refractivity (Wildman–Crippen MR) is 67.1 cm³/mol. The molecule has 1 unspecified atom stereocenters. The maximum absolute atomic E-state index is 11.5. The lowest BCUT2D eigenvalue weighted by molar-refractivity contribution is -0.122. The summed E-state index contributed by atoms with van der Waals surface area (Å²) in [5.41, 5.74) is 1.90. The van der Waals surface area contributed by atoms with Crippen LogP contribution >= 0.6 is 0 Å². The number of rotatable bonds is 3. The van der Waals surface area contributed by atoms with Crippen LogP contribution in [0.3, 0.4) is 0 Å². The molecule has 0 spiro atoms. The Hall–Kier alpha value is -1.55. The Bertz CT molecular complexity index is 429. The van der Waals surface area contributed by atoms with Gasteiger partial charge in [0.15, 0.2) is 6.10 Å². The third-order valence-electron chi connectivity index (χ3n) is 2.69. The average molecular weight is 234 g/mol. The van der Waals surface area contributed by atoms with Crippen LogP contribution in [0.15, 0.2) is 18.2 Å². The summed E-state index contributed by atoms with van der Waals surface area (Å²) in [5, 5.41) is 6.18. The van der Waals surface area contributed by atoms with Gasteiger partial charge in [-0.05, 0) is 24.6 Å². The molecule has 0 radical (unpaired) electrons. The second-order valence-electron chi connectivity index (χ2n) is 4.62. The second kappa shape index (κ2) is 4.75. The van der Waals surface area contributed by atoms with Crippen LogP contribution < -0.4 is 15.4 Å². The summed E-state index contributed by atoms with van der Waals surface area (Å²) in [4.78, 5) is 11.5. The van der Waals surface area contributed by atoms with E-state index in [0.29, 0.717) is 6.04 Å². The fourth-order valence-electron chi connectivity index (χ4n) is 1.69. The number of amides is 1. The number of benzene rings is 1. The molecule has 92 valence electrons. The van der Waals surface area contributed by atoms with Gasteiger partial charge in [0.1, 0.15) is 5.75 Å². The Kier molecular flexibility index (Phi) is 3.33. The van der Waals surface area contributed by atoms with Gasteiger partial charge in [-0.2, -0.15) is 0 Å². The Morgan fingerprint density at radius 2 is 2.24 bits per heavy atom. The fourth-order valence-corrected chi connectivity index (χ4v) is 1.69. The first-order valence-corrected chi connectivity index (χ1v) is 5.90. The van der Waals surface area contributed by atoms with Gasteiger partial charge in [0.05, 0.1) is 5.69 Å². The number of hydrogen-bond donors (Lipinski definition) is 2. The van der Waals surface area contributed by atoms with E-state index in [1.165, 1.54) is 0 Å². The highest BCUT2D eigenvalue weighted by atomic mass is 16.5. The van der Waals surface area contributed by atoms with Crippen molar-refractivity contribution in [3.63, 3.8) is 0 Å². The van der Waals surface area contributed by atoms with E-state index < -0.39 is 6.10 Å². The van der Waals surface area contributed by atoms with Crippen molar-refractivity contribution in [2.75, 3.05) is 5.32 Å². The zero-order valence-electron chi connectivity index (χ0n) is 10.4. The molecule has 1 aliphatic rings. The average Bonchev–Trinajstić information content (AvgIpc) is 2.28. The summed E-state index contributed by atoms with van der Waals surface area (Å²) in [6, 6.07) is 6.31. The van der Waals surface area contributed by atoms with Crippen molar-refractivity contribution in [1.29, 1.82) is 0 Å². The molecule has 0 saturated heterocycles. The summed E-state index contributed by atoms with van der Waals surface area (Å²) >= 11 is 0. The molecule has 4 nitrogen and oxygen atoms in total. The highest BCUT2D eigenvalue weighted by molar-refractivity contribution is 5.97. The molecule has 0 aromatic heterocycles. The van der Waals surface area contributed by atoms with Crippen LogP contribution in [0.5, 0.6) is 5.75 Å². The van der Waals surface area contributed by atoms with E-state index in [0.717, 1.165) is 23.5 Å². The lowest BCUT2D eigenvalue weighted by Crippen LogP contribution is -2.34. The molecule has 1 aromatic rings. The zero-order valence-corrected chi connectivity index (χ0v) is 10.4. The van der Waals surface area contributed by atoms with Gasteiger partial charge in [-0.1, -0.05) is 19.9 Å². The topological polar surface area (TPSA) is 50.4 Å². The number of carbonyl (C=O) groups is 1. The molecule has 1 aliphatic heterocycles. The van der Waals surface area contributed by atoms with E-state index in [9.17, 15) is 4.79 Å². The molecule has 2 rings (SSSR count). The molecule has 0 aliphatic carbocycles. The van der Waals surface area contributed by atoms with Gasteiger partial charge in [0, 0.05) is 12.6 Å². The van der Waals surface area contributed by atoms with Crippen LogP contribution in [0.25, 0.3) is 0 Å². The number of nitrogens with one attached hydrogen (secondary N) is 2. The van der Waals surface area contributed by atoms with Crippen molar-refractivity contribution < 1.29 is 9.53 Å². The van der Waals surface area contributed by atoms with E-state index in [1.807, 2.05) is 18.2 Å². The zero-order chi connectivity index (χ0) is 12.4. The van der Waals surface area contributed by atoms with Gasteiger partial charge in [-0.15, -0.1) is 0 Å². The monoisotopic (exact) mass is 234 g/mol. The van der Waals surface area contributed by atoms with Crippen molar-refractivity contribution >= 4 is 11.6 Å². The SMILES string of the molecule is CC(C)NCc1ccc2c(c1)NC(=O)C(C)O2. The smallest absolute Gasteiger partial charge is 0.265 e. The van der Waals surface area contributed by atoms with E-state index in [-0.39, 0.29) is 5.91 Å². The molecular formula is C13H18N2O2. The Morgan fingerprint density at radius 1 is 1.47 bits per heavy atom. The molecule has 4 heteroatoms. The molecule has 2 N–H and O–H groups in total. The van der Waals surface area contributed by atoms with Crippen molar-refractivity contribution in [3.05, 3.63) is 23.8 Å². The molecule has 17 heavy (non-hydrogen) atoms. The lowest BCUT2D eigenvalue weighted by atomic mass is 10.1. The van der Waals surface area contributed by atoms with Gasteiger partial charge in [0.25, 0.3) is 5.91 Å². The van der Waals surface area contributed by atoms with Crippen LogP contribution in [0, 0.1) is 0 Å². The fraction of sp³-hybridized carbons (Fsp3) is 0.462. The van der Waals surface area contributed by atoms with Crippen LogP contribution in [-0.4, -0.2) is 18.1 Å². The third-order valence-corrected chi connectivity index (χ3v) is 2.69. The minimum absolute atomic E-state index is 0.0912. The minimum Gasteiger partial charge on any atom is -0.479 e. The third kappa shape index (κ3) is 2.77. The van der Waals surface area contributed by atoms with E-state index >= 15 is 0 Å². The van der Waals surface area contributed by atoms with Crippen molar-refractivity contribution in [3.8, 4) is 5.75 Å². The normalized spacial score (nSPS) is 18.6.